The molecular weight excluding hydrogens is 427 g/mol. The van der Waals surface area contributed by atoms with Crippen molar-refractivity contribution in [2.45, 2.75) is 12.5 Å². The third-order valence-corrected chi connectivity index (χ3v) is 4.59. The van der Waals surface area contributed by atoms with Crippen LogP contribution in [0.3, 0.4) is 0 Å². The normalized spacial score (nSPS) is 18.4. The Labute approximate surface area is 155 Å². The molecule has 0 radical (unpaired) electrons. The minimum absolute atomic E-state index is 0. The summed E-state index contributed by atoms with van der Waals surface area (Å²) in [6, 6.07) is 10.6. The summed E-state index contributed by atoms with van der Waals surface area (Å²) in [6.45, 7) is 2.28. The van der Waals surface area contributed by atoms with Crippen molar-refractivity contribution in [3.8, 4) is 0 Å². The number of rotatable bonds is 5. The summed E-state index contributed by atoms with van der Waals surface area (Å²) in [5.41, 5.74) is 1.23. The van der Waals surface area contributed by atoms with Crippen molar-refractivity contribution >= 4 is 45.5 Å². The van der Waals surface area contributed by atoms with E-state index < -0.39 is 9.84 Å². The van der Waals surface area contributed by atoms with E-state index in [2.05, 4.69) is 32.7 Å². The number of guanidine groups is 1. The minimum atomic E-state index is -2.95. The molecule has 0 amide bonds. The monoisotopic (exact) mass is 452 g/mol. The molecule has 1 aromatic carbocycles. The number of aliphatic imine (C=N–C) groups is 1. The second kappa shape index (κ2) is 9.31. The maximum absolute atomic E-state index is 11.1. The zero-order chi connectivity index (χ0) is 16.0. The third-order valence-electron chi connectivity index (χ3n) is 3.64. The fourth-order valence-corrected chi connectivity index (χ4v) is 2.97. The number of halogens is 1. The molecule has 1 unspecified atom stereocenters. The van der Waals surface area contributed by atoms with Crippen molar-refractivity contribution in [2.75, 3.05) is 43.6 Å². The molecule has 1 atom stereocenters. The maximum atomic E-state index is 11.1. The van der Waals surface area contributed by atoms with Crippen LogP contribution in [-0.4, -0.2) is 59.1 Å². The molecule has 1 aliphatic rings. The van der Waals surface area contributed by atoms with Gasteiger partial charge in [-0.05, 0) is 18.6 Å². The first kappa shape index (κ1) is 20.0. The lowest BCUT2D eigenvalue weighted by molar-refractivity contribution is 0.599. The summed E-state index contributed by atoms with van der Waals surface area (Å²) in [6.07, 6.45) is 2.27. The number of nitrogens with zero attached hydrogens (tertiary/aromatic N) is 2. The van der Waals surface area contributed by atoms with Crippen molar-refractivity contribution in [1.29, 1.82) is 0 Å². The van der Waals surface area contributed by atoms with Gasteiger partial charge in [-0.2, -0.15) is 0 Å². The van der Waals surface area contributed by atoms with Crippen LogP contribution in [0.2, 0.25) is 0 Å². The molecule has 1 fully saturated rings. The van der Waals surface area contributed by atoms with Crippen LogP contribution in [0, 0.1) is 0 Å². The van der Waals surface area contributed by atoms with Gasteiger partial charge in [-0.3, -0.25) is 4.99 Å². The van der Waals surface area contributed by atoms with Crippen molar-refractivity contribution < 1.29 is 8.42 Å². The Bertz CT molecular complexity index is 607. The lowest BCUT2D eigenvalue weighted by Gasteiger charge is -2.20. The standard InChI is InChI=1S/C15H24N4O2S.HI/c1-16-15(17-9-11-22(2,20)21)18-13-8-10-19(12-13)14-6-4-3-5-7-14;/h3-7,13H,8-12H2,1-2H3,(H2,16,17,18);1H. The number of hydrogen-bond donors (Lipinski definition) is 2. The Balaban J connectivity index is 0.00000264. The second-order valence-electron chi connectivity index (χ2n) is 5.54. The number of benzene rings is 1. The highest BCUT2D eigenvalue weighted by molar-refractivity contribution is 14.0. The first-order chi connectivity index (χ1) is 10.5. The summed E-state index contributed by atoms with van der Waals surface area (Å²) in [5.74, 6) is 0.762. The average Bonchev–Trinajstić information content (AvgIpc) is 2.94. The van der Waals surface area contributed by atoms with Crippen molar-refractivity contribution in [2.24, 2.45) is 4.99 Å². The molecule has 0 bridgehead atoms. The second-order valence-corrected chi connectivity index (χ2v) is 7.80. The molecule has 0 aromatic heterocycles. The van der Waals surface area contributed by atoms with Gasteiger partial charge >= 0.3 is 0 Å². The molecule has 6 nitrogen and oxygen atoms in total. The van der Waals surface area contributed by atoms with Crippen LogP contribution >= 0.6 is 24.0 Å². The quantitative estimate of drug-likeness (QED) is 0.398. The van der Waals surface area contributed by atoms with E-state index in [-0.39, 0.29) is 29.7 Å². The van der Waals surface area contributed by atoms with Gasteiger partial charge in [0.05, 0.1) is 5.75 Å². The average molecular weight is 452 g/mol. The van der Waals surface area contributed by atoms with Gasteiger partial charge in [-0.1, -0.05) is 18.2 Å². The summed E-state index contributed by atoms with van der Waals surface area (Å²) < 4.78 is 22.3. The van der Waals surface area contributed by atoms with E-state index >= 15 is 0 Å². The van der Waals surface area contributed by atoms with Gasteiger partial charge in [0, 0.05) is 44.7 Å². The summed E-state index contributed by atoms with van der Waals surface area (Å²) in [7, 11) is -1.26. The fraction of sp³-hybridized carbons (Fsp3) is 0.533. The number of sulfone groups is 1. The highest BCUT2D eigenvalue weighted by Gasteiger charge is 2.23. The SMILES string of the molecule is CN=C(NCCS(C)(=O)=O)NC1CCN(c2ccccc2)C1.I. The Hall–Kier alpha value is -1.03. The summed E-state index contributed by atoms with van der Waals surface area (Å²) >= 11 is 0. The van der Waals surface area contributed by atoms with E-state index in [9.17, 15) is 8.42 Å². The first-order valence-corrected chi connectivity index (χ1v) is 9.49. The van der Waals surface area contributed by atoms with Crippen LogP contribution in [0.15, 0.2) is 35.3 Å². The van der Waals surface area contributed by atoms with Gasteiger partial charge in [-0.15, -0.1) is 24.0 Å². The van der Waals surface area contributed by atoms with E-state index in [4.69, 9.17) is 0 Å². The fourth-order valence-electron chi connectivity index (χ4n) is 2.49. The summed E-state index contributed by atoms with van der Waals surface area (Å²) in [5, 5.41) is 6.40. The van der Waals surface area contributed by atoms with E-state index in [0.717, 1.165) is 19.5 Å². The lowest BCUT2D eigenvalue weighted by atomic mass is 10.3. The molecule has 2 rings (SSSR count). The van der Waals surface area contributed by atoms with Crippen LogP contribution in [0.1, 0.15) is 6.42 Å². The van der Waals surface area contributed by atoms with Gasteiger partial charge in [0.25, 0.3) is 0 Å². The van der Waals surface area contributed by atoms with Crippen LogP contribution in [0.5, 0.6) is 0 Å². The first-order valence-electron chi connectivity index (χ1n) is 7.43. The molecule has 1 aromatic rings. The topological polar surface area (TPSA) is 73.8 Å². The molecule has 1 heterocycles. The minimum Gasteiger partial charge on any atom is -0.369 e. The van der Waals surface area contributed by atoms with Crippen LogP contribution in [-0.2, 0) is 9.84 Å². The number of hydrogen-bond acceptors (Lipinski definition) is 4. The highest BCUT2D eigenvalue weighted by Crippen LogP contribution is 2.19. The van der Waals surface area contributed by atoms with E-state index in [1.165, 1.54) is 11.9 Å². The molecule has 130 valence electrons. The molecule has 1 saturated heterocycles. The van der Waals surface area contributed by atoms with Gasteiger partial charge in [0.15, 0.2) is 5.96 Å². The van der Waals surface area contributed by atoms with Crippen LogP contribution in [0.4, 0.5) is 5.69 Å². The highest BCUT2D eigenvalue weighted by atomic mass is 127. The van der Waals surface area contributed by atoms with Crippen molar-refractivity contribution in [3.63, 3.8) is 0 Å². The van der Waals surface area contributed by atoms with Crippen LogP contribution in [0.25, 0.3) is 0 Å². The maximum Gasteiger partial charge on any atom is 0.191 e. The van der Waals surface area contributed by atoms with Gasteiger partial charge in [0.2, 0.25) is 0 Å². The lowest BCUT2D eigenvalue weighted by Crippen LogP contribution is -2.45. The predicted octanol–water partition coefficient (Wildman–Crippen LogP) is 1.09. The zero-order valence-electron chi connectivity index (χ0n) is 13.5. The Morgan fingerprint density at radius 1 is 1.35 bits per heavy atom. The molecule has 0 saturated carbocycles. The van der Waals surface area contributed by atoms with E-state index in [1.807, 2.05) is 18.2 Å². The number of para-hydroxylation sites is 1. The molecule has 8 heteroatoms. The summed E-state index contributed by atoms with van der Waals surface area (Å²) in [4.78, 5) is 6.48. The van der Waals surface area contributed by atoms with Gasteiger partial charge in [-0.25, -0.2) is 8.42 Å². The van der Waals surface area contributed by atoms with E-state index in [0.29, 0.717) is 18.5 Å². The molecule has 0 spiro atoms. The number of anilines is 1. The molecule has 1 aliphatic heterocycles. The zero-order valence-corrected chi connectivity index (χ0v) is 16.7. The van der Waals surface area contributed by atoms with Crippen molar-refractivity contribution in [3.05, 3.63) is 30.3 Å². The molecular formula is C15H25IN4O2S. The smallest absolute Gasteiger partial charge is 0.191 e. The van der Waals surface area contributed by atoms with Gasteiger partial charge < -0.3 is 15.5 Å². The third kappa shape index (κ3) is 6.94. The van der Waals surface area contributed by atoms with Gasteiger partial charge in [0.1, 0.15) is 9.84 Å². The van der Waals surface area contributed by atoms with Crippen LogP contribution < -0.4 is 15.5 Å². The molecule has 23 heavy (non-hydrogen) atoms. The van der Waals surface area contributed by atoms with E-state index in [1.54, 1.807) is 7.05 Å². The van der Waals surface area contributed by atoms with Crippen molar-refractivity contribution in [1.82, 2.24) is 10.6 Å². The molecule has 0 aliphatic carbocycles. The molecule has 2 N–H and O–H groups in total. The largest absolute Gasteiger partial charge is 0.369 e. The Morgan fingerprint density at radius 3 is 2.65 bits per heavy atom. The number of nitrogens with one attached hydrogen (secondary N) is 2. The Morgan fingerprint density at radius 2 is 2.04 bits per heavy atom. The predicted molar refractivity (Wildman–Crippen MR) is 107 cm³/mol. The Kier molecular flexibility index (Phi) is 8.10.